The standard InChI is InChI=1S/C31H35N3O7/c1-6-41-30(39)26-17(2)33-29(34-28(26)32-16-18-7-9-20(40-5)10-8-18)27-19(14-24(35)36)13-23-21(11-12-31(23,3)4)22(27)15-25(37)38/h7-10,13H,6,11-12,14-16H2,1-5H3,(H,35,36)(H,37,38)(H,32,33,34). The molecule has 0 saturated heterocycles. The Morgan fingerprint density at radius 1 is 1.05 bits per heavy atom. The number of hydrogen-bond donors (Lipinski definition) is 3. The van der Waals surface area contributed by atoms with Crippen molar-refractivity contribution in [3.05, 3.63) is 69.4 Å². The van der Waals surface area contributed by atoms with Gasteiger partial charge in [-0.1, -0.05) is 32.0 Å². The van der Waals surface area contributed by atoms with Gasteiger partial charge in [0.2, 0.25) is 0 Å². The van der Waals surface area contributed by atoms with Crippen LogP contribution in [0.2, 0.25) is 0 Å². The molecule has 1 heterocycles. The fourth-order valence-electron chi connectivity index (χ4n) is 5.42. The van der Waals surface area contributed by atoms with Crippen molar-refractivity contribution in [2.75, 3.05) is 19.0 Å². The van der Waals surface area contributed by atoms with Crippen molar-refractivity contribution in [1.29, 1.82) is 0 Å². The molecule has 10 heteroatoms. The highest BCUT2D eigenvalue weighted by molar-refractivity contribution is 5.96. The highest BCUT2D eigenvalue weighted by atomic mass is 16.5. The van der Waals surface area contributed by atoms with Gasteiger partial charge in [-0.25, -0.2) is 14.8 Å². The van der Waals surface area contributed by atoms with Crippen molar-refractivity contribution in [2.24, 2.45) is 0 Å². The zero-order chi connectivity index (χ0) is 29.9. The van der Waals surface area contributed by atoms with Gasteiger partial charge in [0.25, 0.3) is 0 Å². The molecule has 0 radical (unpaired) electrons. The van der Waals surface area contributed by atoms with Crippen LogP contribution in [0.25, 0.3) is 11.4 Å². The Morgan fingerprint density at radius 2 is 1.73 bits per heavy atom. The van der Waals surface area contributed by atoms with Crippen molar-refractivity contribution in [1.82, 2.24) is 9.97 Å². The first-order chi connectivity index (χ1) is 19.4. The number of carbonyl (C=O) groups is 3. The largest absolute Gasteiger partial charge is 0.497 e. The summed E-state index contributed by atoms with van der Waals surface area (Å²) in [7, 11) is 1.58. The van der Waals surface area contributed by atoms with Crippen molar-refractivity contribution >= 4 is 23.7 Å². The first-order valence-electron chi connectivity index (χ1n) is 13.5. The number of methoxy groups -OCH3 is 1. The van der Waals surface area contributed by atoms with Crippen LogP contribution in [0, 0.1) is 6.92 Å². The molecule has 2 aromatic carbocycles. The summed E-state index contributed by atoms with van der Waals surface area (Å²) >= 11 is 0. The first kappa shape index (κ1) is 29.5. The molecule has 1 aromatic heterocycles. The molecule has 41 heavy (non-hydrogen) atoms. The number of carboxylic acid groups (broad SMARTS) is 2. The number of fused-ring (bicyclic) bond motifs is 1. The summed E-state index contributed by atoms with van der Waals surface area (Å²) in [5.74, 6) is -1.61. The summed E-state index contributed by atoms with van der Waals surface area (Å²) in [6.45, 7) is 7.97. The number of esters is 1. The second kappa shape index (κ2) is 12.0. The molecule has 4 rings (SSSR count). The van der Waals surface area contributed by atoms with Crippen molar-refractivity contribution in [3.63, 3.8) is 0 Å². The quantitative estimate of drug-likeness (QED) is 0.281. The molecule has 216 valence electrons. The van der Waals surface area contributed by atoms with E-state index in [1.807, 2.05) is 30.3 Å². The number of hydrogen-bond acceptors (Lipinski definition) is 8. The third kappa shape index (κ3) is 6.32. The van der Waals surface area contributed by atoms with Crippen molar-refractivity contribution in [3.8, 4) is 17.1 Å². The maximum Gasteiger partial charge on any atom is 0.343 e. The minimum absolute atomic E-state index is 0.157. The SMILES string of the molecule is CCOC(=O)c1c(C)nc(-c2c(CC(=O)O)cc3c(c2CC(=O)O)CCC3(C)C)nc1NCc1ccc(OC)cc1. The third-order valence-corrected chi connectivity index (χ3v) is 7.44. The lowest BCUT2D eigenvalue weighted by Crippen LogP contribution is -2.18. The zero-order valence-corrected chi connectivity index (χ0v) is 24.0. The van der Waals surface area contributed by atoms with E-state index in [1.165, 1.54) is 0 Å². The van der Waals surface area contributed by atoms with Crippen LogP contribution in [-0.2, 0) is 45.5 Å². The summed E-state index contributed by atoms with van der Waals surface area (Å²) in [6, 6.07) is 9.26. The van der Waals surface area contributed by atoms with Crippen LogP contribution >= 0.6 is 0 Å². The van der Waals surface area contributed by atoms with E-state index >= 15 is 0 Å². The Labute approximate surface area is 238 Å². The van der Waals surface area contributed by atoms with Crippen molar-refractivity contribution < 1.29 is 34.1 Å². The lowest BCUT2D eigenvalue weighted by molar-refractivity contribution is -0.137. The molecule has 3 aromatic rings. The van der Waals surface area contributed by atoms with Gasteiger partial charge >= 0.3 is 17.9 Å². The molecule has 0 unspecified atom stereocenters. The van der Waals surface area contributed by atoms with E-state index in [0.717, 1.165) is 23.1 Å². The van der Waals surface area contributed by atoms with Gasteiger partial charge in [-0.3, -0.25) is 9.59 Å². The molecule has 0 amide bonds. The summed E-state index contributed by atoms with van der Waals surface area (Å²) in [5, 5.41) is 22.9. The minimum atomic E-state index is -1.05. The maximum absolute atomic E-state index is 13.0. The molecule has 0 spiro atoms. The van der Waals surface area contributed by atoms with Gasteiger partial charge in [0.1, 0.15) is 17.1 Å². The number of benzene rings is 2. The van der Waals surface area contributed by atoms with Crippen LogP contribution in [0.3, 0.4) is 0 Å². The highest BCUT2D eigenvalue weighted by Crippen LogP contribution is 2.44. The molecule has 3 N–H and O–H groups in total. The summed E-state index contributed by atoms with van der Waals surface area (Å²) in [5.41, 5.74) is 4.34. The molecule has 10 nitrogen and oxygen atoms in total. The van der Waals surface area contributed by atoms with Crippen LogP contribution < -0.4 is 10.1 Å². The smallest absolute Gasteiger partial charge is 0.343 e. The number of aliphatic carboxylic acids is 2. The van der Waals surface area contributed by atoms with Gasteiger partial charge in [-0.05, 0) is 72.1 Å². The Bertz CT molecular complexity index is 1500. The number of ether oxygens (including phenoxy) is 2. The number of anilines is 1. The average Bonchev–Trinajstić information content (AvgIpc) is 3.21. The summed E-state index contributed by atoms with van der Waals surface area (Å²) in [6.07, 6.45) is 0.828. The lowest BCUT2D eigenvalue weighted by Gasteiger charge is -2.23. The number of nitrogens with zero attached hydrogens (tertiary/aromatic N) is 2. The molecule has 0 saturated carbocycles. The van der Waals surface area contributed by atoms with Crippen LogP contribution in [0.5, 0.6) is 5.75 Å². The maximum atomic E-state index is 13.0. The van der Waals surface area contributed by atoms with Crippen LogP contribution in [0.4, 0.5) is 5.82 Å². The highest BCUT2D eigenvalue weighted by Gasteiger charge is 2.35. The van der Waals surface area contributed by atoms with Crippen LogP contribution in [0.15, 0.2) is 30.3 Å². The van der Waals surface area contributed by atoms with Crippen LogP contribution in [0.1, 0.15) is 71.1 Å². The average molecular weight is 562 g/mol. The number of aryl methyl sites for hydroxylation is 1. The number of nitrogens with one attached hydrogen (secondary N) is 1. The monoisotopic (exact) mass is 561 g/mol. The number of carbonyl (C=O) groups excluding carboxylic acids is 1. The number of carboxylic acids is 2. The van der Waals surface area contributed by atoms with E-state index in [1.54, 1.807) is 21.0 Å². The molecular formula is C31H35N3O7. The number of aromatic nitrogens is 2. The number of rotatable bonds is 11. The lowest BCUT2D eigenvalue weighted by atomic mass is 9.82. The van der Waals surface area contributed by atoms with Gasteiger partial charge in [0.15, 0.2) is 5.82 Å². The van der Waals surface area contributed by atoms with E-state index in [2.05, 4.69) is 24.1 Å². The molecular weight excluding hydrogens is 526 g/mol. The predicted octanol–water partition coefficient (Wildman–Crippen LogP) is 4.73. The van der Waals surface area contributed by atoms with Gasteiger partial charge in [-0.15, -0.1) is 0 Å². The summed E-state index contributed by atoms with van der Waals surface area (Å²) in [4.78, 5) is 46.3. The van der Waals surface area contributed by atoms with Gasteiger partial charge in [0.05, 0.1) is 32.3 Å². The van der Waals surface area contributed by atoms with E-state index in [4.69, 9.17) is 14.5 Å². The van der Waals surface area contributed by atoms with E-state index < -0.39 is 17.9 Å². The fourth-order valence-corrected chi connectivity index (χ4v) is 5.42. The summed E-state index contributed by atoms with van der Waals surface area (Å²) < 4.78 is 10.5. The Hall–Kier alpha value is -4.47. The molecule has 0 bridgehead atoms. The van der Waals surface area contributed by atoms with E-state index in [0.29, 0.717) is 41.1 Å². The minimum Gasteiger partial charge on any atom is -0.497 e. The van der Waals surface area contributed by atoms with Gasteiger partial charge in [0, 0.05) is 12.1 Å². The first-order valence-corrected chi connectivity index (χ1v) is 13.5. The fraction of sp³-hybridized carbons (Fsp3) is 0.387. The second-order valence-corrected chi connectivity index (χ2v) is 10.7. The second-order valence-electron chi connectivity index (χ2n) is 10.7. The topological polar surface area (TPSA) is 148 Å². The van der Waals surface area contributed by atoms with E-state index in [9.17, 15) is 24.6 Å². The van der Waals surface area contributed by atoms with E-state index in [-0.39, 0.29) is 42.1 Å². The molecule has 0 aliphatic heterocycles. The predicted molar refractivity (Wildman–Crippen MR) is 153 cm³/mol. The molecule has 1 aliphatic carbocycles. The van der Waals surface area contributed by atoms with Crippen molar-refractivity contribution in [2.45, 2.75) is 65.3 Å². The van der Waals surface area contributed by atoms with Gasteiger partial charge < -0.3 is 25.0 Å². The molecule has 0 fully saturated rings. The zero-order valence-electron chi connectivity index (χ0n) is 24.0. The Kier molecular flexibility index (Phi) is 8.60. The Balaban J connectivity index is 1.92. The normalized spacial score (nSPS) is 13.4. The van der Waals surface area contributed by atoms with Gasteiger partial charge in [-0.2, -0.15) is 0 Å². The third-order valence-electron chi connectivity index (χ3n) is 7.44. The molecule has 1 aliphatic rings. The van der Waals surface area contributed by atoms with Crippen LogP contribution in [-0.4, -0.2) is 51.8 Å². The molecule has 0 atom stereocenters. The Morgan fingerprint density at radius 3 is 2.34 bits per heavy atom.